The molecule has 0 saturated carbocycles. The van der Waals surface area contributed by atoms with Crippen LogP contribution in [-0.2, 0) is 25.8 Å². The van der Waals surface area contributed by atoms with Crippen LogP contribution >= 0.6 is 0 Å². The molecule has 0 spiro atoms. The molecule has 1 aromatic heterocycles. The van der Waals surface area contributed by atoms with Gasteiger partial charge in [0.2, 0.25) is 5.91 Å². The fourth-order valence-corrected chi connectivity index (χ4v) is 4.76. The summed E-state index contributed by atoms with van der Waals surface area (Å²) in [5.41, 5.74) is 2.50. The molecule has 2 aromatic rings. The quantitative estimate of drug-likeness (QED) is 0.276. The molecule has 0 radical (unpaired) electrons. The number of oxime groups is 1. The number of pyridine rings is 1. The lowest BCUT2D eigenvalue weighted by Crippen LogP contribution is -2.61. The maximum absolute atomic E-state index is 13.2. The van der Waals surface area contributed by atoms with Gasteiger partial charge in [-0.1, -0.05) is 11.2 Å². The lowest BCUT2D eigenvalue weighted by Gasteiger charge is -2.44. The van der Waals surface area contributed by atoms with Gasteiger partial charge in [-0.05, 0) is 43.2 Å². The number of carbonyl (C=O) groups is 2. The smallest absolute Gasteiger partial charge is 0.355 e. The van der Waals surface area contributed by atoms with Crippen molar-refractivity contribution in [3.05, 3.63) is 81.3 Å². The van der Waals surface area contributed by atoms with Gasteiger partial charge in [-0.15, -0.1) is 0 Å². The van der Waals surface area contributed by atoms with E-state index in [9.17, 15) is 24.8 Å². The lowest BCUT2D eigenvalue weighted by atomic mass is 9.82. The maximum atomic E-state index is 13.2. The van der Waals surface area contributed by atoms with E-state index >= 15 is 0 Å². The molecule has 0 unspecified atom stereocenters. The number of amides is 1. The van der Waals surface area contributed by atoms with Crippen LogP contribution in [0.4, 0.5) is 5.69 Å². The summed E-state index contributed by atoms with van der Waals surface area (Å²) in [4.78, 5) is 47.6. The number of aliphatic hydroxyl groups is 1. The Kier molecular flexibility index (Phi) is 5.77. The summed E-state index contributed by atoms with van der Waals surface area (Å²) >= 11 is 0. The number of carbonyl (C=O) groups excluding carboxylic acids is 2. The Morgan fingerprint density at radius 2 is 2.06 bits per heavy atom. The highest BCUT2D eigenvalue weighted by Gasteiger charge is 2.58. The first-order chi connectivity index (χ1) is 16.8. The minimum Gasteiger partial charge on any atom is -0.456 e. The van der Waals surface area contributed by atoms with Crippen LogP contribution in [0.1, 0.15) is 31.0 Å². The molecule has 3 aliphatic heterocycles. The van der Waals surface area contributed by atoms with Crippen molar-refractivity contribution in [1.82, 2.24) is 9.88 Å². The molecule has 1 N–H and O–H groups in total. The number of nitro benzene ring substituents is 1. The number of rotatable bonds is 7. The summed E-state index contributed by atoms with van der Waals surface area (Å²) < 4.78 is 5.48. The van der Waals surface area contributed by atoms with E-state index < -0.39 is 29.0 Å². The molecule has 11 nitrogen and oxygen atoms in total. The molecule has 35 heavy (non-hydrogen) atoms. The van der Waals surface area contributed by atoms with E-state index in [1.807, 2.05) is 12.1 Å². The zero-order chi connectivity index (χ0) is 24.7. The minimum absolute atomic E-state index is 0.0684. The van der Waals surface area contributed by atoms with Crippen molar-refractivity contribution in [1.29, 1.82) is 0 Å². The first-order valence-corrected chi connectivity index (χ1v) is 11.1. The molecule has 0 aliphatic carbocycles. The van der Waals surface area contributed by atoms with Crippen LogP contribution in [0.25, 0.3) is 0 Å². The van der Waals surface area contributed by atoms with Crippen molar-refractivity contribution in [3.63, 3.8) is 0 Å². The average Bonchev–Trinajstić information content (AvgIpc) is 3.46. The highest BCUT2D eigenvalue weighted by molar-refractivity contribution is 6.02. The summed E-state index contributed by atoms with van der Waals surface area (Å²) in [5.74, 6) is -1.65. The van der Waals surface area contributed by atoms with Crippen LogP contribution in [0.2, 0.25) is 0 Å². The molecular formula is C24H22N4O7. The van der Waals surface area contributed by atoms with E-state index in [2.05, 4.69) is 10.1 Å². The van der Waals surface area contributed by atoms with Gasteiger partial charge >= 0.3 is 5.97 Å². The van der Waals surface area contributed by atoms with Crippen LogP contribution in [0.3, 0.4) is 0 Å². The number of fused-ring (bicyclic) bond motifs is 1. The summed E-state index contributed by atoms with van der Waals surface area (Å²) in [6, 6.07) is 10.7. The lowest BCUT2D eigenvalue weighted by molar-refractivity contribution is -0.384. The number of benzene rings is 1. The van der Waals surface area contributed by atoms with Gasteiger partial charge in [0, 0.05) is 30.3 Å². The van der Waals surface area contributed by atoms with Crippen molar-refractivity contribution >= 4 is 23.3 Å². The number of ether oxygens (including phenoxy) is 1. The van der Waals surface area contributed by atoms with Crippen molar-refractivity contribution in [2.24, 2.45) is 11.1 Å². The van der Waals surface area contributed by atoms with Gasteiger partial charge in [0.25, 0.3) is 5.69 Å². The van der Waals surface area contributed by atoms with E-state index in [1.165, 1.54) is 29.2 Å². The number of nitrogens with zero attached hydrogens (tertiary/aromatic N) is 4. The second kappa shape index (κ2) is 8.91. The minimum atomic E-state index is -0.856. The van der Waals surface area contributed by atoms with E-state index in [4.69, 9.17) is 9.57 Å². The molecule has 1 fully saturated rings. The number of nitro groups is 1. The van der Waals surface area contributed by atoms with Crippen LogP contribution in [0.15, 0.2) is 65.1 Å². The molecule has 3 aliphatic rings. The zero-order valence-electron chi connectivity index (χ0n) is 18.7. The molecule has 1 amide bonds. The molecule has 4 atom stereocenters. The first kappa shape index (κ1) is 22.7. The summed E-state index contributed by atoms with van der Waals surface area (Å²) in [6.45, 7) is 1.43. The van der Waals surface area contributed by atoms with E-state index in [0.29, 0.717) is 35.4 Å². The van der Waals surface area contributed by atoms with Gasteiger partial charge in [-0.2, -0.15) is 0 Å². The maximum Gasteiger partial charge on any atom is 0.355 e. The SMILES string of the molecule is C[C@@H](O)[C@H]1C(=O)N2C(C(=O)OCc3ccc([N+](=O)[O-])cc3)=C([C@H]3CC(c4ccccn4)=NO3)C[C@H]12. The molecule has 180 valence electrons. The van der Waals surface area contributed by atoms with Crippen LogP contribution in [-0.4, -0.2) is 55.8 Å². The zero-order valence-corrected chi connectivity index (χ0v) is 18.7. The van der Waals surface area contributed by atoms with Gasteiger partial charge in [-0.25, -0.2) is 4.79 Å². The standard InChI is InChI=1S/C24H22N4O7/c1-13(29)21-19-10-16(20-11-18(26-35-20)17-4-2-3-9-25-17)22(27(19)23(21)30)24(31)34-12-14-5-7-15(8-6-14)28(32)33/h2-9,13,19-21,29H,10-12H2,1H3/t13-,19-,20-,21-/m1/s1. The Morgan fingerprint density at radius 1 is 1.29 bits per heavy atom. The first-order valence-electron chi connectivity index (χ1n) is 11.1. The monoisotopic (exact) mass is 478 g/mol. The van der Waals surface area contributed by atoms with Gasteiger partial charge in [-0.3, -0.25) is 19.9 Å². The van der Waals surface area contributed by atoms with Crippen molar-refractivity contribution in [3.8, 4) is 0 Å². The molecule has 5 rings (SSSR count). The van der Waals surface area contributed by atoms with Crippen molar-refractivity contribution in [2.75, 3.05) is 0 Å². The number of hydrogen-bond acceptors (Lipinski definition) is 9. The number of β-lactam (4-membered cyclic amide) rings is 1. The average molecular weight is 478 g/mol. The van der Waals surface area contributed by atoms with Crippen LogP contribution in [0.5, 0.6) is 0 Å². The molecule has 1 saturated heterocycles. The number of hydrogen-bond donors (Lipinski definition) is 1. The van der Waals surface area contributed by atoms with Gasteiger partial charge in [0.05, 0.1) is 28.7 Å². The fourth-order valence-electron chi connectivity index (χ4n) is 4.76. The van der Waals surface area contributed by atoms with Crippen molar-refractivity contribution in [2.45, 2.75) is 44.6 Å². The summed E-state index contributed by atoms with van der Waals surface area (Å²) in [6.07, 6.45) is 0.962. The predicted octanol–water partition coefficient (Wildman–Crippen LogP) is 2.09. The molecule has 0 bridgehead atoms. The second-order valence-corrected chi connectivity index (χ2v) is 8.67. The molecule has 1 aromatic carbocycles. The Hall–Kier alpha value is -4.12. The highest BCUT2D eigenvalue weighted by atomic mass is 16.6. The third-order valence-electron chi connectivity index (χ3n) is 6.49. The summed E-state index contributed by atoms with van der Waals surface area (Å²) in [7, 11) is 0. The number of non-ortho nitro benzene ring substituents is 1. The van der Waals surface area contributed by atoms with E-state index in [0.717, 1.165) is 0 Å². The molecule has 11 heteroatoms. The van der Waals surface area contributed by atoms with Crippen LogP contribution < -0.4 is 0 Å². The normalized spacial score (nSPS) is 23.8. The third-order valence-corrected chi connectivity index (χ3v) is 6.49. The highest BCUT2D eigenvalue weighted by Crippen LogP contribution is 2.46. The fraction of sp³-hybridized carbons (Fsp3) is 0.333. The topological polar surface area (TPSA) is 144 Å². The van der Waals surface area contributed by atoms with E-state index in [-0.39, 0.29) is 29.9 Å². The Bertz CT molecular complexity index is 1240. The number of aliphatic hydroxyl groups excluding tert-OH is 1. The van der Waals surface area contributed by atoms with Crippen LogP contribution in [0, 0.1) is 16.0 Å². The third kappa shape index (κ3) is 4.03. The second-order valence-electron chi connectivity index (χ2n) is 8.67. The van der Waals surface area contributed by atoms with Gasteiger partial charge in [0.15, 0.2) is 6.10 Å². The Balaban J connectivity index is 1.36. The summed E-state index contributed by atoms with van der Waals surface area (Å²) in [5, 5.41) is 25.1. The van der Waals surface area contributed by atoms with Crippen molar-refractivity contribution < 1.29 is 29.2 Å². The Labute approximate surface area is 199 Å². The Morgan fingerprint density at radius 3 is 2.71 bits per heavy atom. The largest absolute Gasteiger partial charge is 0.456 e. The number of aromatic nitrogens is 1. The van der Waals surface area contributed by atoms with Gasteiger partial charge < -0.3 is 19.6 Å². The predicted molar refractivity (Wildman–Crippen MR) is 121 cm³/mol. The van der Waals surface area contributed by atoms with Gasteiger partial charge in [0.1, 0.15) is 18.0 Å². The molecule has 4 heterocycles. The number of esters is 1. The molecular weight excluding hydrogens is 456 g/mol. The van der Waals surface area contributed by atoms with E-state index in [1.54, 1.807) is 19.2 Å².